The van der Waals surface area contributed by atoms with Crippen molar-refractivity contribution in [2.45, 2.75) is 44.7 Å². The molecule has 0 spiro atoms. The van der Waals surface area contributed by atoms with Gasteiger partial charge in [0.15, 0.2) is 5.78 Å². The summed E-state index contributed by atoms with van der Waals surface area (Å²) >= 11 is 0. The lowest BCUT2D eigenvalue weighted by Crippen LogP contribution is -2.56. The second-order valence-corrected chi connectivity index (χ2v) is 8.57. The van der Waals surface area contributed by atoms with Gasteiger partial charge in [0.1, 0.15) is 11.6 Å². The monoisotopic (exact) mass is 440 g/mol. The first kappa shape index (κ1) is 22.1. The first-order valence-corrected chi connectivity index (χ1v) is 11.0. The zero-order chi connectivity index (χ0) is 22.7. The van der Waals surface area contributed by atoms with E-state index < -0.39 is 5.82 Å². The van der Waals surface area contributed by atoms with E-state index in [0.717, 1.165) is 12.0 Å². The molecule has 0 N–H and O–H groups in total. The van der Waals surface area contributed by atoms with E-state index in [-0.39, 0.29) is 48.2 Å². The minimum atomic E-state index is -0.403. The van der Waals surface area contributed by atoms with E-state index in [1.165, 1.54) is 36.4 Å². The molecule has 2 aromatic rings. The number of benzene rings is 2. The van der Waals surface area contributed by atoms with E-state index in [2.05, 4.69) is 0 Å². The van der Waals surface area contributed by atoms with Gasteiger partial charge in [-0.05, 0) is 60.7 Å². The molecule has 0 aromatic heterocycles. The fourth-order valence-electron chi connectivity index (χ4n) is 4.73. The van der Waals surface area contributed by atoms with Crippen molar-refractivity contribution in [2.75, 3.05) is 13.1 Å². The van der Waals surface area contributed by atoms with Crippen LogP contribution in [0, 0.1) is 17.6 Å². The van der Waals surface area contributed by atoms with Gasteiger partial charge in [-0.3, -0.25) is 14.4 Å². The van der Waals surface area contributed by atoms with Crippen LogP contribution in [0.2, 0.25) is 0 Å². The summed E-state index contributed by atoms with van der Waals surface area (Å²) in [5, 5.41) is 0. The number of Topliss-reactive ketones (excluding diaryl/α,β-unsaturated/α-hetero) is 1. The maximum absolute atomic E-state index is 13.2. The van der Waals surface area contributed by atoms with Gasteiger partial charge >= 0.3 is 0 Å². The second kappa shape index (κ2) is 9.59. The number of nitrogens with zero attached hydrogens (tertiary/aromatic N) is 2. The molecule has 168 valence electrons. The Morgan fingerprint density at radius 2 is 1.56 bits per heavy atom. The Labute approximate surface area is 186 Å². The van der Waals surface area contributed by atoms with Crippen LogP contribution in [0.25, 0.3) is 0 Å². The third-order valence-corrected chi connectivity index (χ3v) is 6.49. The van der Waals surface area contributed by atoms with E-state index in [9.17, 15) is 23.2 Å². The molecule has 0 bridgehead atoms. The van der Waals surface area contributed by atoms with Crippen LogP contribution in [0.1, 0.15) is 48.0 Å². The lowest BCUT2D eigenvalue weighted by atomic mass is 9.83. The Morgan fingerprint density at radius 1 is 0.906 bits per heavy atom. The van der Waals surface area contributed by atoms with Crippen LogP contribution in [0.4, 0.5) is 8.78 Å². The van der Waals surface area contributed by atoms with Gasteiger partial charge in [-0.15, -0.1) is 0 Å². The van der Waals surface area contributed by atoms with Crippen molar-refractivity contribution >= 4 is 17.6 Å². The Morgan fingerprint density at radius 3 is 2.25 bits per heavy atom. The Bertz CT molecular complexity index is 991. The molecular formula is C25H26F2N2O3. The van der Waals surface area contributed by atoms with Gasteiger partial charge < -0.3 is 9.80 Å². The first-order valence-electron chi connectivity index (χ1n) is 11.0. The van der Waals surface area contributed by atoms with E-state index in [1.807, 2.05) is 4.90 Å². The highest BCUT2D eigenvalue weighted by atomic mass is 19.1. The van der Waals surface area contributed by atoms with Crippen LogP contribution < -0.4 is 0 Å². The van der Waals surface area contributed by atoms with Gasteiger partial charge in [0, 0.05) is 50.5 Å². The summed E-state index contributed by atoms with van der Waals surface area (Å²) in [5.74, 6) is -0.664. The van der Waals surface area contributed by atoms with Gasteiger partial charge in [-0.2, -0.15) is 0 Å². The summed E-state index contributed by atoms with van der Waals surface area (Å²) in [6.45, 7) is 1.56. The van der Waals surface area contributed by atoms with Crippen molar-refractivity contribution in [3.05, 3.63) is 71.3 Å². The molecule has 0 saturated carbocycles. The van der Waals surface area contributed by atoms with Gasteiger partial charge in [-0.1, -0.05) is 12.1 Å². The Kier molecular flexibility index (Phi) is 6.63. The van der Waals surface area contributed by atoms with Crippen molar-refractivity contribution in [1.29, 1.82) is 0 Å². The highest BCUT2D eigenvalue weighted by Gasteiger charge is 2.40. The fraction of sp³-hybridized carbons (Fsp3) is 0.400. The number of carbonyl (C=O) groups is 3. The van der Waals surface area contributed by atoms with Crippen molar-refractivity contribution in [3.63, 3.8) is 0 Å². The number of rotatable bonds is 6. The standard InChI is InChI=1S/C25H26F2N2O3/c26-20-6-1-17(2-7-20)15-29-22-13-14-28(16-19(22)5-11-25(29)32)24(31)12-10-23(30)18-3-8-21(27)9-4-18/h1-4,6-9,19,22H,5,10-16H2/t19-,22+/m1/s1. The highest BCUT2D eigenvalue weighted by Crippen LogP contribution is 2.32. The molecule has 2 aliphatic heterocycles. The SMILES string of the molecule is O=C(CCC(=O)N1CC[C@H]2[C@H](CCC(=O)N2Cc2ccc(F)cc2)C1)c1ccc(F)cc1. The Hall–Kier alpha value is -3.09. The summed E-state index contributed by atoms with van der Waals surface area (Å²) in [7, 11) is 0. The summed E-state index contributed by atoms with van der Waals surface area (Å²) in [4.78, 5) is 41.3. The molecule has 4 rings (SSSR count). The van der Waals surface area contributed by atoms with Crippen LogP contribution >= 0.6 is 0 Å². The summed E-state index contributed by atoms with van der Waals surface area (Å²) in [6.07, 6.45) is 2.07. The molecule has 2 aliphatic rings. The third-order valence-electron chi connectivity index (χ3n) is 6.49. The van der Waals surface area contributed by atoms with E-state index in [4.69, 9.17) is 0 Å². The molecule has 32 heavy (non-hydrogen) atoms. The van der Waals surface area contributed by atoms with Crippen molar-refractivity contribution in [1.82, 2.24) is 9.80 Å². The maximum Gasteiger partial charge on any atom is 0.223 e. The number of likely N-dealkylation sites (tertiary alicyclic amines) is 2. The molecule has 0 radical (unpaired) electrons. The molecule has 2 atom stereocenters. The predicted octanol–water partition coefficient (Wildman–Crippen LogP) is 3.97. The average Bonchev–Trinajstić information content (AvgIpc) is 2.80. The minimum Gasteiger partial charge on any atom is -0.342 e. The van der Waals surface area contributed by atoms with Gasteiger partial charge in [-0.25, -0.2) is 8.78 Å². The lowest BCUT2D eigenvalue weighted by molar-refractivity contribution is -0.145. The van der Waals surface area contributed by atoms with Crippen LogP contribution in [0.3, 0.4) is 0 Å². The van der Waals surface area contributed by atoms with E-state index >= 15 is 0 Å². The number of fused-ring (bicyclic) bond motifs is 1. The van der Waals surface area contributed by atoms with Crippen LogP contribution in [0.5, 0.6) is 0 Å². The molecule has 0 aliphatic carbocycles. The van der Waals surface area contributed by atoms with Crippen LogP contribution in [-0.4, -0.2) is 46.5 Å². The number of piperidine rings is 2. The molecule has 2 saturated heterocycles. The van der Waals surface area contributed by atoms with Gasteiger partial charge in [0.05, 0.1) is 0 Å². The highest BCUT2D eigenvalue weighted by molar-refractivity contribution is 5.97. The largest absolute Gasteiger partial charge is 0.342 e. The van der Waals surface area contributed by atoms with Gasteiger partial charge in [0.25, 0.3) is 0 Å². The third kappa shape index (κ3) is 5.03. The van der Waals surface area contributed by atoms with Crippen molar-refractivity contribution < 1.29 is 23.2 Å². The van der Waals surface area contributed by atoms with E-state index in [1.54, 1.807) is 17.0 Å². The maximum atomic E-state index is 13.2. The molecule has 2 amide bonds. The average molecular weight is 440 g/mol. The van der Waals surface area contributed by atoms with Crippen LogP contribution in [0.15, 0.2) is 48.5 Å². The molecule has 5 nitrogen and oxygen atoms in total. The molecule has 2 heterocycles. The summed E-state index contributed by atoms with van der Waals surface area (Å²) in [5.41, 5.74) is 1.29. The normalized spacial score (nSPS) is 20.8. The molecule has 2 fully saturated rings. The number of ketones is 1. The predicted molar refractivity (Wildman–Crippen MR) is 115 cm³/mol. The minimum absolute atomic E-state index is 0.0613. The van der Waals surface area contributed by atoms with Crippen LogP contribution in [-0.2, 0) is 16.1 Å². The lowest BCUT2D eigenvalue weighted by Gasteiger charge is -2.47. The number of hydrogen-bond donors (Lipinski definition) is 0. The zero-order valence-electron chi connectivity index (χ0n) is 17.8. The quantitative estimate of drug-likeness (QED) is 0.639. The smallest absolute Gasteiger partial charge is 0.223 e. The number of carbonyl (C=O) groups excluding carboxylic acids is 3. The van der Waals surface area contributed by atoms with Crippen molar-refractivity contribution in [2.24, 2.45) is 5.92 Å². The molecular weight excluding hydrogens is 414 g/mol. The van der Waals surface area contributed by atoms with Gasteiger partial charge in [0.2, 0.25) is 11.8 Å². The molecule has 0 unspecified atom stereocenters. The second-order valence-electron chi connectivity index (χ2n) is 8.57. The van der Waals surface area contributed by atoms with Crippen molar-refractivity contribution in [3.8, 4) is 0 Å². The molecule has 7 heteroatoms. The fourth-order valence-corrected chi connectivity index (χ4v) is 4.73. The summed E-state index contributed by atoms with van der Waals surface area (Å²) < 4.78 is 26.2. The zero-order valence-corrected chi connectivity index (χ0v) is 17.8. The summed E-state index contributed by atoms with van der Waals surface area (Å²) in [6, 6.07) is 11.6. The number of halogens is 2. The molecule has 2 aromatic carbocycles. The Balaban J connectivity index is 1.33. The van der Waals surface area contributed by atoms with E-state index in [0.29, 0.717) is 38.0 Å². The topological polar surface area (TPSA) is 57.7 Å². The number of hydrogen-bond acceptors (Lipinski definition) is 3. The number of amides is 2. The first-order chi connectivity index (χ1) is 15.4.